The number of amides is 3. The van der Waals surface area contributed by atoms with Crippen LogP contribution in [0.2, 0.25) is 0 Å². The standard InChI is InChI=1S/C22H28N4O3/c1-5-19(27)25-18-8-6-7-17(13-18)23-14-20(28)24-16-11-9-15(10-12-16)21(29)26-22(2,3)4/h6-13,23H,5,14H2,1-4H3,(H,24,28)(H,25,27)(H,26,29). The average molecular weight is 396 g/mol. The second kappa shape index (κ2) is 9.73. The molecule has 0 atom stereocenters. The van der Waals surface area contributed by atoms with Crippen LogP contribution in [0.1, 0.15) is 44.5 Å². The van der Waals surface area contributed by atoms with E-state index in [-0.39, 0.29) is 29.8 Å². The topological polar surface area (TPSA) is 99.3 Å². The van der Waals surface area contributed by atoms with E-state index < -0.39 is 0 Å². The summed E-state index contributed by atoms with van der Waals surface area (Å²) in [4.78, 5) is 35.8. The first-order valence-corrected chi connectivity index (χ1v) is 9.52. The van der Waals surface area contributed by atoms with E-state index >= 15 is 0 Å². The summed E-state index contributed by atoms with van der Waals surface area (Å²) < 4.78 is 0. The van der Waals surface area contributed by atoms with Gasteiger partial charge in [-0.25, -0.2) is 0 Å². The lowest BCUT2D eigenvalue weighted by Crippen LogP contribution is -2.40. The van der Waals surface area contributed by atoms with Crippen LogP contribution in [-0.2, 0) is 9.59 Å². The number of hydrogen-bond acceptors (Lipinski definition) is 4. The van der Waals surface area contributed by atoms with E-state index in [1.807, 2.05) is 26.8 Å². The lowest BCUT2D eigenvalue weighted by molar-refractivity contribution is -0.116. The highest BCUT2D eigenvalue weighted by molar-refractivity contribution is 5.97. The molecule has 0 saturated heterocycles. The van der Waals surface area contributed by atoms with Crippen molar-refractivity contribution in [3.63, 3.8) is 0 Å². The zero-order chi connectivity index (χ0) is 21.4. The van der Waals surface area contributed by atoms with Crippen molar-refractivity contribution in [1.29, 1.82) is 0 Å². The first-order valence-electron chi connectivity index (χ1n) is 9.52. The number of carbonyl (C=O) groups excluding carboxylic acids is 3. The van der Waals surface area contributed by atoms with Crippen LogP contribution >= 0.6 is 0 Å². The van der Waals surface area contributed by atoms with Crippen LogP contribution in [0.4, 0.5) is 17.1 Å². The fourth-order valence-electron chi connectivity index (χ4n) is 2.46. The van der Waals surface area contributed by atoms with E-state index in [0.717, 1.165) is 5.69 Å². The summed E-state index contributed by atoms with van der Waals surface area (Å²) in [5, 5.41) is 11.5. The number of nitrogens with one attached hydrogen (secondary N) is 4. The third-order valence-electron chi connectivity index (χ3n) is 3.84. The van der Waals surface area contributed by atoms with E-state index in [1.165, 1.54) is 0 Å². The maximum Gasteiger partial charge on any atom is 0.251 e. The molecular weight excluding hydrogens is 368 g/mol. The monoisotopic (exact) mass is 396 g/mol. The van der Waals surface area contributed by atoms with Gasteiger partial charge in [0, 0.05) is 34.6 Å². The minimum absolute atomic E-state index is 0.0669. The Morgan fingerprint density at radius 1 is 0.828 bits per heavy atom. The second-order valence-electron chi connectivity index (χ2n) is 7.67. The van der Waals surface area contributed by atoms with Crippen molar-refractivity contribution in [3.05, 3.63) is 54.1 Å². The van der Waals surface area contributed by atoms with Crippen molar-refractivity contribution < 1.29 is 14.4 Å². The molecular formula is C22H28N4O3. The molecule has 2 aromatic rings. The highest BCUT2D eigenvalue weighted by atomic mass is 16.2. The van der Waals surface area contributed by atoms with Crippen molar-refractivity contribution in [3.8, 4) is 0 Å². The highest BCUT2D eigenvalue weighted by Crippen LogP contribution is 2.15. The maximum atomic E-state index is 12.2. The number of anilines is 3. The molecule has 3 amide bonds. The lowest BCUT2D eigenvalue weighted by atomic mass is 10.1. The summed E-state index contributed by atoms with van der Waals surface area (Å²) >= 11 is 0. The van der Waals surface area contributed by atoms with Gasteiger partial charge in [0.1, 0.15) is 0 Å². The molecule has 2 aromatic carbocycles. The number of rotatable bonds is 7. The normalized spacial score (nSPS) is 10.8. The van der Waals surface area contributed by atoms with Crippen LogP contribution in [0.25, 0.3) is 0 Å². The van der Waals surface area contributed by atoms with Crippen LogP contribution in [0.15, 0.2) is 48.5 Å². The van der Waals surface area contributed by atoms with E-state index in [9.17, 15) is 14.4 Å². The van der Waals surface area contributed by atoms with Crippen LogP contribution < -0.4 is 21.3 Å². The molecule has 0 bridgehead atoms. The first-order chi connectivity index (χ1) is 13.7. The van der Waals surface area contributed by atoms with Gasteiger partial charge in [-0.2, -0.15) is 0 Å². The Morgan fingerprint density at radius 2 is 1.45 bits per heavy atom. The Balaban J connectivity index is 1.87. The predicted molar refractivity (Wildman–Crippen MR) is 116 cm³/mol. The van der Waals surface area contributed by atoms with Gasteiger partial charge < -0.3 is 21.3 Å². The zero-order valence-electron chi connectivity index (χ0n) is 17.3. The van der Waals surface area contributed by atoms with Gasteiger partial charge in [-0.3, -0.25) is 14.4 Å². The van der Waals surface area contributed by atoms with E-state index in [4.69, 9.17) is 0 Å². The van der Waals surface area contributed by atoms with E-state index in [1.54, 1.807) is 49.4 Å². The third kappa shape index (κ3) is 7.65. The molecule has 0 spiro atoms. The molecule has 4 N–H and O–H groups in total. The molecule has 2 rings (SSSR count). The second-order valence-corrected chi connectivity index (χ2v) is 7.67. The van der Waals surface area contributed by atoms with Crippen molar-refractivity contribution in [2.75, 3.05) is 22.5 Å². The molecule has 0 unspecified atom stereocenters. The molecule has 0 fully saturated rings. The van der Waals surface area contributed by atoms with Crippen LogP contribution in [-0.4, -0.2) is 29.8 Å². The fraction of sp³-hybridized carbons (Fsp3) is 0.318. The summed E-state index contributed by atoms with van der Waals surface area (Å²) in [6.45, 7) is 7.60. The van der Waals surface area contributed by atoms with Gasteiger partial charge >= 0.3 is 0 Å². The molecule has 154 valence electrons. The molecule has 7 nitrogen and oxygen atoms in total. The average Bonchev–Trinajstić information content (AvgIpc) is 2.66. The minimum Gasteiger partial charge on any atom is -0.376 e. The Kier molecular flexibility index (Phi) is 7.36. The molecule has 0 heterocycles. The number of hydrogen-bond donors (Lipinski definition) is 4. The minimum atomic E-state index is -0.313. The molecule has 0 aliphatic carbocycles. The molecule has 0 radical (unpaired) electrons. The van der Waals surface area contributed by atoms with Crippen LogP contribution in [0.3, 0.4) is 0 Å². The molecule has 0 aliphatic heterocycles. The van der Waals surface area contributed by atoms with Gasteiger partial charge in [0.2, 0.25) is 11.8 Å². The van der Waals surface area contributed by atoms with Crippen molar-refractivity contribution in [1.82, 2.24) is 5.32 Å². The molecule has 0 saturated carbocycles. The smallest absolute Gasteiger partial charge is 0.251 e. The summed E-state index contributed by atoms with van der Waals surface area (Å²) in [6, 6.07) is 13.9. The van der Waals surface area contributed by atoms with Crippen LogP contribution in [0.5, 0.6) is 0 Å². The van der Waals surface area contributed by atoms with Gasteiger partial charge in [-0.15, -0.1) is 0 Å². The molecule has 7 heteroatoms. The summed E-state index contributed by atoms with van der Waals surface area (Å²) in [5.41, 5.74) is 2.22. The largest absolute Gasteiger partial charge is 0.376 e. The summed E-state index contributed by atoms with van der Waals surface area (Å²) in [6.07, 6.45) is 0.400. The van der Waals surface area contributed by atoms with Crippen LogP contribution in [0, 0.1) is 0 Å². The Hall–Kier alpha value is -3.35. The molecule has 0 aliphatic rings. The van der Waals surface area contributed by atoms with E-state index in [2.05, 4.69) is 21.3 Å². The van der Waals surface area contributed by atoms with Crippen molar-refractivity contribution >= 4 is 34.8 Å². The van der Waals surface area contributed by atoms with Gasteiger partial charge in [0.25, 0.3) is 5.91 Å². The van der Waals surface area contributed by atoms with Gasteiger partial charge in [-0.1, -0.05) is 13.0 Å². The zero-order valence-corrected chi connectivity index (χ0v) is 17.3. The first kappa shape index (κ1) is 21.9. The Morgan fingerprint density at radius 3 is 2.07 bits per heavy atom. The highest BCUT2D eigenvalue weighted by Gasteiger charge is 2.15. The predicted octanol–water partition coefficient (Wildman–Crippen LogP) is 3.61. The van der Waals surface area contributed by atoms with Crippen molar-refractivity contribution in [2.45, 2.75) is 39.7 Å². The van der Waals surface area contributed by atoms with Gasteiger partial charge in [0.05, 0.1) is 6.54 Å². The Bertz CT molecular complexity index is 870. The lowest BCUT2D eigenvalue weighted by Gasteiger charge is -2.20. The molecule has 29 heavy (non-hydrogen) atoms. The SMILES string of the molecule is CCC(=O)Nc1cccc(NCC(=O)Nc2ccc(C(=O)NC(C)(C)C)cc2)c1. The summed E-state index contributed by atoms with van der Waals surface area (Å²) in [5.74, 6) is -0.452. The molecule has 0 aromatic heterocycles. The fourth-order valence-corrected chi connectivity index (χ4v) is 2.46. The quantitative estimate of drug-likeness (QED) is 0.574. The van der Waals surface area contributed by atoms with E-state index in [0.29, 0.717) is 23.4 Å². The van der Waals surface area contributed by atoms with Gasteiger partial charge in [-0.05, 0) is 63.2 Å². The number of carbonyl (C=O) groups is 3. The maximum absolute atomic E-state index is 12.2. The van der Waals surface area contributed by atoms with Crippen molar-refractivity contribution in [2.24, 2.45) is 0 Å². The summed E-state index contributed by atoms with van der Waals surface area (Å²) in [7, 11) is 0. The van der Waals surface area contributed by atoms with Gasteiger partial charge in [0.15, 0.2) is 0 Å². The number of benzene rings is 2. The third-order valence-corrected chi connectivity index (χ3v) is 3.84. The Labute approximate surface area is 171 Å².